The van der Waals surface area contributed by atoms with Gasteiger partial charge in [0.25, 0.3) is 0 Å². The van der Waals surface area contributed by atoms with Crippen molar-refractivity contribution in [3.8, 4) is 0 Å². The molecule has 21 heavy (non-hydrogen) atoms. The molecule has 7 heteroatoms. The molecule has 0 saturated carbocycles. The molecule has 1 aromatic heterocycles. The molecule has 2 aromatic rings. The lowest BCUT2D eigenvalue weighted by Gasteiger charge is -2.19. The van der Waals surface area contributed by atoms with Gasteiger partial charge in [-0.25, -0.2) is 0 Å². The van der Waals surface area contributed by atoms with E-state index < -0.39 is 11.7 Å². The van der Waals surface area contributed by atoms with Crippen LogP contribution in [0.15, 0.2) is 28.8 Å². The Morgan fingerprint density at radius 2 is 1.95 bits per heavy atom. The van der Waals surface area contributed by atoms with Crippen LogP contribution in [0, 0.1) is 6.92 Å². The van der Waals surface area contributed by atoms with E-state index in [0.717, 1.165) is 6.07 Å². The van der Waals surface area contributed by atoms with Crippen molar-refractivity contribution in [2.75, 3.05) is 12.8 Å². The highest BCUT2D eigenvalue weighted by Crippen LogP contribution is 2.33. The lowest BCUT2D eigenvalue weighted by Crippen LogP contribution is -2.20. The number of benzene rings is 1. The number of rotatable bonds is 4. The monoisotopic (exact) mass is 299 g/mol. The maximum Gasteiger partial charge on any atom is 0.416 e. The molecule has 0 amide bonds. The number of aryl methyl sites for hydroxylation is 1. The lowest BCUT2D eigenvalue weighted by atomic mass is 10.1. The van der Waals surface area contributed by atoms with E-state index in [2.05, 4.69) is 5.16 Å². The summed E-state index contributed by atoms with van der Waals surface area (Å²) in [6, 6.07) is 5.59. The smallest absolute Gasteiger partial charge is 0.399 e. The van der Waals surface area contributed by atoms with Crippen LogP contribution in [0.4, 0.5) is 18.9 Å². The van der Waals surface area contributed by atoms with Gasteiger partial charge in [-0.3, -0.25) is 4.90 Å². The van der Waals surface area contributed by atoms with E-state index in [0.29, 0.717) is 18.0 Å². The van der Waals surface area contributed by atoms with Crippen molar-refractivity contribution in [1.29, 1.82) is 0 Å². The van der Waals surface area contributed by atoms with Gasteiger partial charge in [0.15, 0.2) is 0 Å². The Bertz CT molecular complexity index is 622. The van der Waals surface area contributed by atoms with Gasteiger partial charge in [0.05, 0.1) is 11.3 Å². The van der Waals surface area contributed by atoms with Crippen LogP contribution >= 0.6 is 0 Å². The number of hydrogen-bond acceptors (Lipinski definition) is 4. The predicted molar refractivity (Wildman–Crippen MR) is 72.3 cm³/mol. The van der Waals surface area contributed by atoms with E-state index in [-0.39, 0.29) is 17.8 Å². The van der Waals surface area contributed by atoms with Gasteiger partial charge in [-0.05, 0) is 31.7 Å². The summed E-state index contributed by atoms with van der Waals surface area (Å²) in [5.41, 5.74) is 5.70. The SMILES string of the molecule is Cc1cc(CN(C)Cc2ccc(N)cc2C(F)(F)F)no1. The van der Waals surface area contributed by atoms with Crippen LogP contribution in [-0.2, 0) is 19.3 Å². The van der Waals surface area contributed by atoms with Crippen molar-refractivity contribution in [2.24, 2.45) is 0 Å². The number of nitrogens with zero attached hydrogens (tertiary/aromatic N) is 2. The molecule has 0 atom stereocenters. The molecule has 1 heterocycles. The van der Waals surface area contributed by atoms with Crippen LogP contribution in [0.3, 0.4) is 0 Å². The third-order valence-electron chi connectivity index (χ3n) is 2.99. The molecule has 2 rings (SSSR count). The average Bonchev–Trinajstić information content (AvgIpc) is 2.75. The van der Waals surface area contributed by atoms with Crippen LogP contribution in [0.1, 0.15) is 22.6 Å². The van der Waals surface area contributed by atoms with Gasteiger partial charge >= 0.3 is 6.18 Å². The van der Waals surface area contributed by atoms with E-state index in [9.17, 15) is 13.2 Å². The van der Waals surface area contributed by atoms with Gasteiger partial charge < -0.3 is 10.3 Å². The Kier molecular flexibility index (Phi) is 4.22. The van der Waals surface area contributed by atoms with Gasteiger partial charge in [-0.15, -0.1) is 0 Å². The third kappa shape index (κ3) is 3.98. The number of nitrogens with two attached hydrogens (primary N) is 1. The molecule has 0 bridgehead atoms. The Balaban J connectivity index is 2.15. The molecular weight excluding hydrogens is 283 g/mol. The summed E-state index contributed by atoms with van der Waals surface area (Å²) < 4.78 is 44.0. The second-order valence-corrected chi connectivity index (χ2v) is 5.02. The number of hydrogen-bond donors (Lipinski definition) is 1. The van der Waals surface area contributed by atoms with Crippen molar-refractivity contribution < 1.29 is 17.7 Å². The van der Waals surface area contributed by atoms with E-state index >= 15 is 0 Å². The van der Waals surface area contributed by atoms with Gasteiger partial charge in [-0.1, -0.05) is 11.2 Å². The van der Waals surface area contributed by atoms with Crippen molar-refractivity contribution in [3.05, 3.63) is 46.8 Å². The first-order chi connectivity index (χ1) is 9.75. The normalized spacial score (nSPS) is 12.1. The lowest BCUT2D eigenvalue weighted by molar-refractivity contribution is -0.138. The fraction of sp³-hybridized carbons (Fsp3) is 0.357. The van der Waals surface area contributed by atoms with Crippen molar-refractivity contribution >= 4 is 5.69 Å². The minimum atomic E-state index is -4.42. The highest BCUT2D eigenvalue weighted by atomic mass is 19.4. The fourth-order valence-electron chi connectivity index (χ4n) is 2.11. The summed E-state index contributed by atoms with van der Waals surface area (Å²) in [7, 11) is 1.72. The van der Waals surface area contributed by atoms with E-state index in [1.807, 2.05) is 0 Å². The number of aromatic nitrogens is 1. The topological polar surface area (TPSA) is 55.3 Å². The standard InChI is InChI=1S/C14H16F3N3O/c1-9-5-12(19-21-9)8-20(2)7-10-3-4-11(18)6-13(10)14(15,16)17/h3-6H,7-8,18H2,1-2H3. The average molecular weight is 299 g/mol. The predicted octanol–water partition coefficient (Wildman–Crippen LogP) is 3.22. The molecule has 0 aliphatic heterocycles. The van der Waals surface area contributed by atoms with E-state index in [1.165, 1.54) is 12.1 Å². The number of alkyl halides is 3. The molecule has 0 unspecified atom stereocenters. The molecule has 0 aliphatic rings. The Morgan fingerprint density at radius 1 is 1.24 bits per heavy atom. The van der Waals surface area contributed by atoms with Gasteiger partial charge in [0, 0.05) is 24.8 Å². The zero-order chi connectivity index (χ0) is 15.6. The fourth-order valence-corrected chi connectivity index (χ4v) is 2.11. The van der Waals surface area contributed by atoms with Crippen LogP contribution in [-0.4, -0.2) is 17.1 Å². The molecule has 0 saturated heterocycles. The summed E-state index contributed by atoms with van der Waals surface area (Å²) in [5, 5.41) is 3.82. The first-order valence-electron chi connectivity index (χ1n) is 6.32. The molecule has 114 valence electrons. The van der Waals surface area contributed by atoms with E-state index in [1.54, 1.807) is 24.9 Å². The van der Waals surface area contributed by atoms with Crippen molar-refractivity contribution in [1.82, 2.24) is 10.1 Å². The molecular formula is C14H16F3N3O. The Labute approximate surface area is 120 Å². The second-order valence-electron chi connectivity index (χ2n) is 5.02. The first-order valence-corrected chi connectivity index (χ1v) is 6.32. The van der Waals surface area contributed by atoms with Gasteiger partial charge in [0.2, 0.25) is 0 Å². The maximum atomic E-state index is 13.0. The number of halogens is 3. The second kappa shape index (κ2) is 5.77. The molecule has 0 spiro atoms. The van der Waals surface area contributed by atoms with Crippen molar-refractivity contribution in [3.63, 3.8) is 0 Å². The van der Waals surface area contributed by atoms with E-state index in [4.69, 9.17) is 10.3 Å². The van der Waals surface area contributed by atoms with Crippen LogP contribution in [0.25, 0.3) is 0 Å². The Morgan fingerprint density at radius 3 is 2.52 bits per heavy atom. The largest absolute Gasteiger partial charge is 0.416 e. The minimum Gasteiger partial charge on any atom is -0.399 e. The zero-order valence-electron chi connectivity index (χ0n) is 11.7. The third-order valence-corrected chi connectivity index (χ3v) is 2.99. The molecule has 0 aliphatic carbocycles. The molecule has 2 N–H and O–H groups in total. The maximum absolute atomic E-state index is 13.0. The molecule has 0 fully saturated rings. The van der Waals surface area contributed by atoms with Gasteiger partial charge in [-0.2, -0.15) is 13.2 Å². The van der Waals surface area contributed by atoms with Crippen LogP contribution < -0.4 is 5.73 Å². The molecule has 4 nitrogen and oxygen atoms in total. The highest BCUT2D eigenvalue weighted by molar-refractivity contribution is 5.46. The summed E-state index contributed by atoms with van der Waals surface area (Å²) in [5.74, 6) is 0.668. The Hall–Kier alpha value is -2.02. The molecule has 0 radical (unpaired) electrons. The quantitative estimate of drug-likeness (QED) is 0.881. The van der Waals surface area contributed by atoms with Crippen molar-refractivity contribution in [2.45, 2.75) is 26.2 Å². The van der Waals surface area contributed by atoms with Gasteiger partial charge in [0.1, 0.15) is 5.76 Å². The molecule has 1 aromatic carbocycles. The zero-order valence-corrected chi connectivity index (χ0v) is 11.7. The van der Waals surface area contributed by atoms with Crippen LogP contribution in [0.2, 0.25) is 0 Å². The highest BCUT2D eigenvalue weighted by Gasteiger charge is 2.33. The summed E-state index contributed by atoms with van der Waals surface area (Å²) in [6.07, 6.45) is -4.42. The summed E-state index contributed by atoms with van der Waals surface area (Å²) in [6.45, 7) is 2.30. The summed E-state index contributed by atoms with van der Waals surface area (Å²) >= 11 is 0. The van der Waals surface area contributed by atoms with Crippen LogP contribution in [0.5, 0.6) is 0 Å². The number of nitrogen functional groups attached to an aromatic ring is 1. The number of anilines is 1. The first kappa shape index (κ1) is 15.4. The summed E-state index contributed by atoms with van der Waals surface area (Å²) in [4.78, 5) is 1.73. The minimum absolute atomic E-state index is 0.0980.